The minimum Gasteiger partial charge on any atom is -0.339 e. The average molecular weight is 321 g/mol. The van der Waals surface area contributed by atoms with Gasteiger partial charge in [-0.25, -0.2) is 0 Å². The van der Waals surface area contributed by atoms with Crippen molar-refractivity contribution in [1.82, 2.24) is 4.90 Å². The molecule has 0 radical (unpaired) electrons. The van der Waals surface area contributed by atoms with E-state index in [1.807, 2.05) is 4.90 Å². The Labute approximate surface area is 135 Å². The lowest BCUT2D eigenvalue weighted by molar-refractivity contribution is -0.118. The summed E-state index contributed by atoms with van der Waals surface area (Å²) in [6, 6.07) is 5.07. The molecule has 2 fully saturated rings. The van der Waals surface area contributed by atoms with Crippen molar-refractivity contribution in [2.24, 2.45) is 11.3 Å². The zero-order valence-corrected chi connectivity index (χ0v) is 13.7. The fraction of sp³-hybridized carbons (Fsp3) is 0.529. The molecule has 1 aliphatic heterocycles. The molecule has 1 aromatic carbocycles. The van der Waals surface area contributed by atoms with Crippen molar-refractivity contribution in [3.05, 3.63) is 28.8 Å². The van der Waals surface area contributed by atoms with Crippen molar-refractivity contribution in [2.45, 2.75) is 33.1 Å². The van der Waals surface area contributed by atoms with Gasteiger partial charge in [0.25, 0.3) is 5.91 Å². The molecule has 0 unspecified atom stereocenters. The van der Waals surface area contributed by atoms with Crippen LogP contribution in [0.4, 0.5) is 5.69 Å². The van der Waals surface area contributed by atoms with E-state index in [0.717, 1.165) is 32.4 Å². The normalized spacial score (nSPS) is 22.5. The van der Waals surface area contributed by atoms with Crippen LogP contribution in [0.5, 0.6) is 0 Å². The van der Waals surface area contributed by atoms with Crippen LogP contribution in [0.3, 0.4) is 0 Å². The maximum atomic E-state index is 12.6. The minimum atomic E-state index is -0.0506. The van der Waals surface area contributed by atoms with Crippen LogP contribution in [0.2, 0.25) is 5.02 Å². The van der Waals surface area contributed by atoms with Crippen molar-refractivity contribution >= 4 is 29.1 Å². The average Bonchev–Trinajstić information content (AvgIpc) is 2.91. The fourth-order valence-electron chi connectivity index (χ4n) is 3.03. The Morgan fingerprint density at radius 2 is 1.91 bits per heavy atom. The van der Waals surface area contributed by atoms with Crippen LogP contribution < -0.4 is 5.32 Å². The second-order valence-electron chi connectivity index (χ2n) is 6.92. The lowest BCUT2D eigenvalue weighted by Gasteiger charge is -2.18. The quantitative estimate of drug-likeness (QED) is 0.925. The molecule has 0 bridgehead atoms. The SMILES string of the molecule is CC1(C)C[C@@H]1C(=O)Nc1ccc(Cl)cc1C(=O)N1CCCC1. The summed E-state index contributed by atoms with van der Waals surface area (Å²) >= 11 is 6.04. The number of hydrogen-bond donors (Lipinski definition) is 1. The maximum Gasteiger partial charge on any atom is 0.256 e. The Morgan fingerprint density at radius 3 is 2.50 bits per heavy atom. The zero-order valence-electron chi connectivity index (χ0n) is 13.0. The van der Waals surface area contributed by atoms with Crippen molar-refractivity contribution in [3.8, 4) is 0 Å². The Kier molecular flexibility index (Phi) is 3.89. The van der Waals surface area contributed by atoms with Gasteiger partial charge in [-0.15, -0.1) is 0 Å². The van der Waals surface area contributed by atoms with Crippen molar-refractivity contribution in [1.29, 1.82) is 0 Å². The predicted molar refractivity (Wildman–Crippen MR) is 87.1 cm³/mol. The second-order valence-corrected chi connectivity index (χ2v) is 7.36. The molecule has 1 aromatic rings. The summed E-state index contributed by atoms with van der Waals surface area (Å²) in [6.07, 6.45) is 2.95. The molecule has 3 rings (SSSR count). The summed E-state index contributed by atoms with van der Waals surface area (Å²) in [4.78, 5) is 26.8. The minimum absolute atomic E-state index is 0.0113. The van der Waals surface area contributed by atoms with Gasteiger partial charge in [-0.3, -0.25) is 9.59 Å². The molecule has 1 N–H and O–H groups in total. The molecule has 22 heavy (non-hydrogen) atoms. The van der Waals surface area contributed by atoms with E-state index in [-0.39, 0.29) is 23.1 Å². The number of rotatable bonds is 3. The van der Waals surface area contributed by atoms with Gasteiger partial charge in [0.1, 0.15) is 0 Å². The summed E-state index contributed by atoms with van der Waals surface area (Å²) in [5.74, 6) is -0.0360. The van der Waals surface area contributed by atoms with Crippen LogP contribution in [-0.2, 0) is 4.79 Å². The lowest BCUT2D eigenvalue weighted by atomic mass is 10.1. The number of nitrogens with one attached hydrogen (secondary N) is 1. The first-order valence-electron chi connectivity index (χ1n) is 7.78. The van der Waals surface area contributed by atoms with E-state index in [9.17, 15) is 9.59 Å². The van der Waals surface area contributed by atoms with Gasteiger partial charge >= 0.3 is 0 Å². The third-order valence-electron chi connectivity index (χ3n) is 4.69. The number of halogens is 1. The highest BCUT2D eigenvalue weighted by molar-refractivity contribution is 6.31. The Bertz CT molecular complexity index is 621. The lowest BCUT2D eigenvalue weighted by Crippen LogP contribution is -2.29. The van der Waals surface area contributed by atoms with Gasteiger partial charge in [0.2, 0.25) is 5.91 Å². The van der Waals surface area contributed by atoms with Crippen molar-refractivity contribution in [3.63, 3.8) is 0 Å². The summed E-state index contributed by atoms with van der Waals surface area (Å²) < 4.78 is 0. The summed E-state index contributed by atoms with van der Waals surface area (Å²) in [7, 11) is 0. The van der Waals surface area contributed by atoms with Gasteiger partial charge < -0.3 is 10.2 Å². The van der Waals surface area contributed by atoms with Gasteiger partial charge in [-0.05, 0) is 42.9 Å². The summed E-state index contributed by atoms with van der Waals surface area (Å²) in [5, 5.41) is 3.42. The second kappa shape index (κ2) is 5.58. The number of nitrogens with zero attached hydrogens (tertiary/aromatic N) is 1. The molecule has 4 nitrogen and oxygen atoms in total. The zero-order chi connectivity index (χ0) is 15.9. The topological polar surface area (TPSA) is 49.4 Å². The van der Waals surface area contributed by atoms with Crippen LogP contribution >= 0.6 is 11.6 Å². The molecule has 2 amide bonds. The predicted octanol–water partition coefficient (Wildman–Crippen LogP) is 3.56. The van der Waals surface area contributed by atoms with E-state index >= 15 is 0 Å². The number of carbonyl (C=O) groups excluding carboxylic acids is 2. The molecule has 2 aliphatic rings. The van der Waals surface area contributed by atoms with Gasteiger partial charge in [-0.1, -0.05) is 25.4 Å². The maximum absolute atomic E-state index is 12.6. The van der Waals surface area contributed by atoms with E-state index in [2.05, 4.69) is 19.2 Å². The first-order valence-corrected chi connectivity index (χ1v) is 8.16. The van der Waals surface area contributed by atoms with Crippen LogP contribution in [0.1, 0.15) is 43.5 Å². The summed E-state index contributed by atoms with van der Waals surface area (Å²) in [5.41, 5.74) is 1.12. The van der Waals surface area contributed by atoms with E-state index in [0.29, 0.717) is 16.3 Å². The van der Waals surface area contributed by atoms with E-state index in [4.69, 9.17) is 11.6 Å². The number of likely N-dealkylation sites (tertiary alicyclic amines) is 1. The fourth-order valence-corrected chi connectivity index (χ4v) is 3.20. The number of hydrogen-bond acceptors (Lipinski definition) is 2. The number of carbonyl (C=O) groups is 2. The molecule has 1 heterocycles. The summed E-state index contributed by atoms with van der Waals surface area (Å²) in [6.45, 7) is 5.70. The smallest absolute Gasteiger partial charge is 0.256 e. The van der Waals surface area contributed by atoms with E-state index in [1.54, 1.807) is 18.2 Å². The highest BCUT2D eigenvalue weighted by Gasteiger charge is 2.50. The molecule has 1 saturated carbocycles. The van der Waals surface area contributed by atoms with E-state index < -0.39 is 0 Å². The van der Waals surface area contributed by atoms with Crippen molar-refractivity contribution < 1.29 is 9.59 Å². The molecule has 1 aliphatic carbocycles. The first kappa shape index (κ1) is 15.3. The van der Waals surface area contributed by atoms with Gasteiger partial charge in [-0.2, -0.15) is 0 Å². The largest absolute Gasteiger partial charge is 0.339 e. The molecule has 5 heteroatoms. The molecule has 118 valence electrons. The monoisotopic (exact) mass is 320 g/mol. The van der Waals surface area contributed by atoms with Crippen molar-refractivity contribution in [2.75, 3.05) is 18.4 Å². The molecule has 0 aromatic heterocycles. The molecule has 1 saturated heterocycles. The third kappa shape index (κ3) is 2.98. The molecular weight excluding hydrogens is 300 g/mol. The number of benzene rings is 1. The standard InChI is InChI=1S/C17H21ClN2O2/c1-17(2)10-13(17)15(21)19-14-6-5-11(18)9-12(14)16(22)20-7-3-4-8-20/h5-6,9,13H,3-4,7-8,10H2,1-2H3,(H,19,21)/t13-/m1/s1. The highest BCUT2D eigenvalue weighted by atomic mass is 35.5. The number of amides is 2. The highest BCUT2D eigenvalue weighted by Crippen LogP contribution is 2.52. The Morgan fingerprint density at radius 1 is 1.27 bits per heavy atom. The van der Waals surface area contributed by atoms with Gasteiger partial charge in [0.15, 0.2) is 0 Å². The number of anilines is 1. The van der Waals surface area contributed by atoms with Crippen LogP contribution in [0.15, 0.2) is 18.2 Å². The molecule has 1 atom stereocenters. The Balaban J connectivity index is 1.81. The Hall–Kier alpha value is -1.55. The van der Waals surface area contributed by atoms with Gasteiger partial charge in [0.05, 0.1) is 11.3 Å². The molecular formula is C17H21ClN2O2. The van der Waals surface area contributed by atoms with E-state index in [1.165, 1.54) is 0 Å². The van der Waals surface area contributed by atoms with Crippen LogP contribution in [-0.4, -0.2) is 29.8 Å². The van der Waals surface area contributed by atoms with Gasteiger partial charge in [0, 0.05) is 24.0 Å². The van der Waals surface area contributed by atoms with Crippen LogP contribution in [0, 0.1) is 11.3 Å². The molecule has 0 spiro atoms. The first-order chi connectivity index (χ1) is 10.4. The third-order valence-corrected chi connectivity index (χ3v) is 4.93. The van der Waals surface area contributed by atoms with Crippen LogP contribution in [0.25, 0.3) is 0 Å².